The van der Waals surface area contributed by atoms with Gasteiger partial charge in [-0.15, -0.1) is 0 Å². The van der Waals surface area contributed by atoms with E-state index in [-0.39, 0.29) is 35.8 Å². The first kappa shape index (κ1) is 18.0. The SMILES string of the molecule is CN1CC[C@@]2(CC[C@H](c3cccc(B4OC(C)(C)C(C)(C)O4)c3)N2)C1=O. The number of hydrogen-bond donors (Lipinski definition) is 1. The summed E-state index contributed by atoms with van der Waals surface area (Å²) in [5.41, 5.74) is 1.20. The van der Waals surface area contributed by atoms with Crippen molar-refractivity contribution in [3.05, 3.63) is 29.8 Å². The molecule has 3 aliphatic rings. The zero-order valence-corrected chi connectivity index (χ0v) is 16.5. The van der Waals surface area contributed by atoms with Crippen LogP contribution < -0.4 is 10.8 Å². The standard InChI is InChI=1S/C20H29BN2O3/c1-18(2)19(3,4)26-21(25-18)15-8-6-7-14(13-15)16-9-10-20(22-16)11-12-23(5)17(20)24/h6-8,13,16,22H,9-12H2,1-5H3/t16-,20+/m1/s1. The Morgan fingerprint density at radius 3 is 2.46 bits per heavy atom. The number of hydrogen-bond acceptors (Lipinski definition) is 4. The maximum absolute atomic E-state index is 12.5. The van der Waals surface area contributed by atoms with Gasteiger partial charge in [0.05, 0.1) is 11.2 Å². The van der Waals surface area contributed by atoms with Gasteiger partial charge in [0.15, 0.2) is 0 Å². The Hall–Kier alpha value is -1.37. The summed E-state index contributed by atoms with van der Waals surface area (Å²) in [7, 11) is 1.54. The van der Waals surface area contributed by atoms with Crippen LogP contribution in [0.2, 0.25) is 0 Å². The fourth-order valence-corrected chi connectivity index (χ4v) is 4.32. The molecular formula is C20H29BN2O3. The molecule has 3 aliphatic heterocycles. The van der Waals surface area contributed by atoms with Gasteiger partial charge in [-0.1, -0.05) is 24.3 Å². The van der Waals surface area contributed by atoms with Gasteiger partial charge in [0, 0.05) is 19.6 Å². The number of likely N-dealkylation sites (tertiary alicyclic amines) is 1. The second-order valence-corrected chi connectivity index (χ2v) is 9.05. The van der Waals surface area contributed by atoms with Crippen LogP contribution in [0, 0.1) is 0 Å². The summed E-state index contributed by atoms with van der Waals surface area (Å²) < 4.78 is 12.4. The van der Waals surface area contributed by atoms with E-state index in [9.17, 15) is 4.79 Å². The summed E-state index contributed by atoms with van der Waals surface area (Å²) in [6, 6.07) is 8.62. The van der Waals surface area contributed by atoms with Gasteiger partial charge in [-0.2, -0.15) is 0 Å². The lowest BCUT2D eigenvalue weighted by molar-refractivity contribution is -0.131. The van der Waals surface area contributed by atoms with Gasteiger partial charge in [0.2, 0.25) is 5.91 Å². The summed E-state index contributed by atoms with van der Waals surface area (Å²) >= 11 is 0. The molecule has 0 aliphatic carbocycles. The third-order valence-corrected chi connectivity index (χ3v) is 6.78. The molecule has 4 rings (SSSR count). The second kappa shape index (κ2) is 5.81. The van der Waals surface area contributed by atoms with Crippen molar-refractivity contribution in [3.63, 3.8) is 0 Å². The Balaban J connectivity index is 1.54. The molecule has 140 valence electrons. The Bertz CT molecular complexity index is 720. The van der Waals surface area contributed by atoms with Gasteiger partial charge in [-0.05, 0) is 58.0 Å². The Morgan fingerprint density at radius 1 is 1.15 bits per heavy atom. The molecular weight excluding hydrogens is 327 g/mol. The highest BCUT2D eigenvalue weighted by molar-refractivity contribution is 6.62. The molecule has 5 nitrogen and oxygen atoms in total. The van der Waals surface area contributed by atoms with Crippen LogP contribution >= 0.6 is 0 Å². The third-order valence-electron chi connectivity index (χ3n) is 6.78. The van der Waals surface area contributed by atoms with E-state index >= 15 is 0 Å². The van der Waals surface area contributed by atoms with E-state index in [0.717, 1.165) is 31.3 Å². The molecule has 26 heavy (non-hydrogen) atoms. The van der Waals surface area contributed by atoms with Gasteiger partial charge in [-0.25, -0.2) is 0 Å². The zero-order valence-electron chi connectivity index (χ0n) is 16.5. The van der Waals surface area contributed by atoms with E-state index < -0.39 is 0 Å². The maximum atomic E-state index is 12.5. The highest BCUT2D eigenvalue weighted by atomic mass is 16.7. The van der Waals surface area contributed by atoms with Crippen LogP contribution in [0.15, 0.2) is 24.3 Å². The molecule has 0 saturated carbocycles. The van der Waals surface area contributed by atoms with Crippen molar-refractivity contribution in [1.82, 2.24) is 10.2 Å². The average molecular weight is 356 g/mol. The molecule has 0 aromatic heterocycles. The summed E-state index contributed by atoms with van der Waals surface area (Å²) in [4.78, 5) is 14.4. The summed E-state index contributed by atoms with van der Waals surface area (Å²) in [5, 5.41) is 3.64. The van der Waals surface area contributed by atoms with E-state index in [1.165, 1.54) is 5.56 Å². The normalized spacial score (nSPS) is 32.8. The summed E-state index contributed by atoms with van der Waals surface area (Å²) in [5.74, 6) is 0.238. The van der Waals surface area contributed by atoms with E-state index in [1.807, 2.05) is 11.9 Å². The number of carbonyl (C=O) groups is 1. The number of carbonyl (C=O) groups excluding carboxylic acids is 1. The van der Waals surface area contributed by atoms with Gasteiger partial charge < -0.3 is 14.2 Å². The third kappa shape index (κ3) is 2.70. The lowest BCUT2D eigenvalue weighted by Gasteiger charge is -2.32. The highest BCUT2D eigenvalue weighted by Crippen LogP contribution is 2.39. The largest absolute Gasteiger partial charge is 0.494 e. The number of nitrogens with one attached hydrogen (secondary N) is 1. The number of likely N-dealkylation sites (N-methyl/N-ethyl adjacent to an activating group) is 1. The number of nitrogens with zero attached hydrogens (tertiary/aromatic N) is 1. The van der Waals surface area contributed by atoms with Gasteiger partial charge >= 0.3 is 7.12 Å². The zero-order chi connectivity index (χ0) is 18.7. The van der Waals surface area contributed by atoms with Crippen LogP contribution in [0.4, 0.5) is 0 Å². The lowest BCUT2D eigenvalue weighted by Crippen LogP contribution is -2.47. The molecule has 1 amide bonds. The quantitative estimate of drug-likeness (QED) is 0.824. The summed E-state index contributed by atoms with van der Waals surface area (Å²) in [6.07, 6.45) is 2.78. The molecule has 2 atom stereocenters. The minimum Gasteiger partial charge on any atom is -0.399 e. The highest BCUT2D eigenvalue weighted by Gasteiger charge is 2.52. The van der Waals surface area contributed by atoms with Crippen molar-refractivity contribution >= 4 is 18.5 Å². The molecule has 3 fully saturated rings. The van der Waals surface area contributed by atoms with Crippen LogP contribution in [0.1, 0.15) is 58.6 Å². The Labute approximate surface area is 156 Å². The molecule has 0 radical (unpaired) electrons. The Kier molecular flexibility index (Phi) is 4.03. The fraction of sp³-hybridized carbons (Fsp3) is 0.650. The van der Waals surface area contributed by atoms with Crippen LogP contribution in [0.25, 0.3) is 0 Å². The fourth-order valence-electron chi connectivity index (χ4n) is 4.32. The molecule has 0 bridgehead atoms. The first-order chi connectivity index (χ1) is 12.1. The van der Waals surface area contributed by atoms with E-state index in [1.54, 1.807) is 0 Å². The first-order valence-corrected chi connectivity index (χ1v) is 9.62. The van der Waals surface area contributed by atoms with Crippen molar-refractivity contribution in [1.29, 1.82) is 0 Å². The van der Waals surface area contributed by atoms with E-state index in [0.29, 0.717) is 0 Å². The van der Waals surface area contributed by atoms with E-state index in [2.05, 4.69) is 57.3 Å². The van der Waals surface area contributed by atoms with Gasteiger partial charge in [0.1, 0.15) is 5.54 Å². The van der Waals surface area contributed by atoms with E-state index in [4.69, 9.17) is 9.31 Å². The van der Waals surface area contributed by atoms with Crippen molar-refractivity contribution in [3.8, 4) is 0 Å². The van der Waals surface area contributed by atoms with Crippen molar-refractivity contribution in [2.24, 2.45) is 0 Å². The van der Waals surface area contributed by atoms with Crippen LogP contribution in [-0.2, 0) is 14.1 Å². The number of amides is 1. The molecule has 6 heteroatoms. The average Bonchev–Trinajstić information content (AvgIpc) is 3.20. The minimum atomic E-state index is -0.361. The second-order valence-electron chi connectivity index (χ2n) is 9.05. The smallest absolute Gasteiger partial charge is 0.399 e. The summed E-state index contributed by atoms with van der Waals surface area (Å²) in [6.45, 7) is 9.12. The van der Waals surface area contributed by atoms with Crippen molar-refractivity contribution in [2.45, 2.75) is 69.7 Å². The minimum absolute atomic E-state index is 0.202. The van der Waals surface area contributed by atoms with Crippen LogP contribution in [-0.4, -0.2) is 48.3 Å². The molecule has 3 heterocycles. The topological polar surface area (TPSA) is 50.8 Å². The van der Waals surface area contributed by atoms with Crippen molar-refractivity contribution in [2.75, 3.05) is 13.6 Å². The number of rotatable bonds is 2. The monoisotopic (exact) mass is 356 g/mol. The van der Waals surface area contributed by atoms with Crippen LogP contribution in [0.5, 0.6) is 0 Å². The number of benzene rings is 1. The maximum Gasteiger partial charge on any atom is 0.494 e. The molecule has 1 aromatic rings. The molecule has 3 saturated heterocycles. The lowest BCUT2D eigenvalue weighted by atomic mass is 9.78. The van der Waals surface area contributed by atoms with Gasteiger partial charge in [0.25, 0.3) is 0 Å². The van der Waals surface area contributed by atoms with Gasteiger partial charge in [-0.3, -0.25) is 10.1 Å². The first-order valence-electron chi connectivity index (χ1n) is 9.62. The predicted octanol–water partition coefficient (Wildman–Crippen LogP) is 2.01. The molecule has 1 spiro atoms. The predicted molar refractivity (Wildman–Crippen MR) is 102 cm³/mol. The molecule has 0 unspecified atom stereocenters. The van der Waals surface area contributed by atoms with Crippen molar-refractivity contribution < 1.29 is 14.1 Å². The molecule has 1 aromatic carbocycles. The van der Waals surface area contributed by atoms with Crippen LogP contribution in [0.3, 0.4) is 0 Å². The Morgan fingerprint density at radius 2 is 1.85 bits per heavy atom. The molecule has 1 N–H and O–H groups in total.